The van der Waals surface area contributed by atoms with E-state index in [9.17, 15) is 9.90 Å². The molecule has 0 bridgehead atoms. The number of anilines is 1. The summed E-state index contributed by atoms with van der Waals surface area (Å²) in [5.74, 6) is -0.371. The van der Waals surface area contributed by atoms with Crippen LogP contribution in [0.3, 0.4) is 0 Å². The van der Waals surface area contributed by atoms with E-state index in [1.54, 1.807) is 6.20 Å². The number of carbonyl (C=O) groups excluding carboxylic acids is 1. The molecule has 1 amide bonds. The van der Waals surface area contributed by atoms with Crippen LogP contribution in [0, 0.1) is 12.8 Å². The molecule has 1 aliphatic carbocycles. The number of rotatable bonds is 2. The van der Waals surface area contributed by atoms with E-state index in [-0.39, 0.29) is 11.8 Å². The molecule has 3 rings (SSSR count). The van der Waals surface area contributed by atoms with Crippen molar-refractivity contribution >= 4 is 22.5 Å². The third kappa shape index (κ3) is 2.21. The Hall–Kier alpha value is -1.88. The summed E-state index contributed by atoms with van der Waals surface area (Å²) < 4.78 is 0. The molecule has 100 valence electrons. The first-order chi connectivity index (χ1) is 9.15. The van der Waals surface area contributed by atoms with Crippen LogP contribution >= 0.6 is 0 Å². The fourth-order valence-electron chi connectivity index (χ4n) is 2.71. The first-order valence-electron chi connectivity index (χ1n) is 6.58. The van der Waals surface area contributed by atoms with Crippen molar-refractivity contribution in [2.24, 2.45) is 5.92 Å². The molecule has 0 radical (unpaired) electrons. The second kappa shape index (κ2) is 4.66. The van der Waals surface area contributed by atoms with Crippen molar-refractivity contribution in [2.45, 2.75) is 32.3 Å². The maximum absolute atomic E-state index is 12.2. The molecule has 1 heterocycles. The second-order valence-electron chi connectivity index (χ2n) is 5.22. The van der Waals surface area contributed by atoms with Crippen LogP contribution in [0.2, 0.25) is 0 Å². The normalized spacial score (nSPS) is 22.8. The summed E-state index contributed by atoms with van der Waals surface area (Å²) in [5.41, 5.74) is 2.67. The molecule has 5 heteroatoms. The predicted molar refractivity (Wildman–Crippen MR) is 72.8 cm³/mol. The summed E-state index contributed by atoms with van der Waals surface area (Å²) in [6.45, 7) is 1.95. The third-order valence-electron chi connectivity index (χ3n) is 3.86. The molecule has 0 saturated heterocycles. The monoisotopic (exact) mass is 259 g/mol. The molecule has 1 saturated carbocycles. The highest BCUT2D eigenvalue weighted by Gasteiger charge is 2.31. The second-order valence-corrected chi connectivity index (χ2v) is 5.22. The van der Waals surface area contributed by atoms with Gasteiger partial charge in [0.25, 0.3) is 0 Å². The highest BCUT2D eigenvalue weighted by Crippen LogP contribution is 2.28. The molecule has 1 aromatic carbocycles. The van der Waals surface area contributed by atoms with Gasteiger partial charge in [-0.05, 0) is 43.9 Å². The fourth-order valence-corrected chi connectivity index (χ4v) is 2.71. The van der Waals surface area contributed by atoms with Crippen molar-refractivity contribution in [2.75, 3.05) is 5.32 Å². The largest absolute Gasteiger partial charge is 0.392 e. The molecule has 1 aliphatic rings. The van der Waals surface area contributed by atoms with Crippen LogP contribution in [0.1, 0.15) is 24.8 Å². The van der Waals surface area contributed by atoms with Gasteiger partial charge in [-0.3, -0.25) is 9.89 Å². The van der Waals surface area contributed by atoms with Crippen LogP contribution in [0.4, 0.5) is 5.69 Å². The number of aromatic nitrogens is 2. The maximum Gasteiger partial charge on any atom is 0.230 e. The Balaban J connectivity index is 1.84. The summed E-state index contributed by atoms with van der Waals surface area (Å²) in [6.07, 6.45) is 3.65. The maximum atomic E-state index is 12.2. The van der Waals surface area contributed by atoms with Gasteiger partial charge in [0.1, 0.15) is 0 Å². The molecular formula is C14H17N3O2. The van der Waals surface area contributed by atoms with Crippen molar-refractivity contribution in [3.8, 4) is 0 Å². The van der Waals surface area contributed by atoms with Gasteiger partial charge in [-0.1, -0.05) is 0 Å². The lowest BCUT2D eigenvalue weighted by atomic mass is 10.0. The van der Waals surface area contributed by atoms with Crippen molar-refractivity contribution in [1.82, 2.24) is 10.2 Å². The summed E-state index contributed by atoms with van der Waals surface area (Å²) in [4.78, 5) is 12.2. The van der Waals surface area contributed by atoms with Gasteiger partial charge in [-0.15, -0.1) is 0 Å². The molecular weight excluding hydrogens is 242 g/mol. The van der Waals surface area contributed by atoms with Gasteiger partial charge in [0.05, 0.1) is 23.7 Å². The number of benzene rings is 1. The van der Waals surface area contributed by atoms with E-state index >= 15 is 0 Å². The molecule has 1 fully saturated rings. The average molecular weight is 259 g/mol. The number of aliphatic hydroxyl groups excluding tert-OH is 1. The van der Waals surface area contributed by atoms with Gasteiger partial charge in [-0.2, -0.15) is 5.10 Å². The lowest BCUT2D eigenvalue weighted by Gasteiger charge is -2.15. The van der Waals surface area contributed by atoms with Gasteiger partial charge in [0.2, 0.25) is 5.91 Å². The van der Waals surface area contributed by atoms with Crippen molar-refractivity contribution in [1.29, 1.82) is 0 Å². The first-order valence-corrected chi connectivity index (χ1v) is 6.58. The van der Waals surface area contributed by atoms with Gasteiger partial charge in [-0.25, -0.2) is 0 Å². The zero-order chi connectivity index (χ0) is 13.4. The topological polar surface area (TPSA) is 78.0 Å². The minimum Gasteiger partial charge on any atom is -0.392 e. The Morgan fingerprint density at radius 3 is 3.05 bits per heavy atom. The van der Waals surface area contributed by atoms with E-state index in [0.717, 1.165) is 41.4 Å². The number of fused-ring (bicyclic) bond motifs is 1. The molecule has 3 N–H and O–H groups in total. The Labute approximate surface area is 111 Å². The third-order valence-corrected chi connectivity index (χ3v) is 3.86. The Bertz CT molecular complexity index is 620. The molecule has 2 aromatic rings. The van der Waals surface area contributed by atoms with Crippen LogP contribution in [0.25, 0.3) is 10.9 Å². The average Bonchev–Trinajstić information content (AvgIpc) is 2.98. The van der Waals surface area contributed by atoms with Crippen LogP contribution in [0.5, 0.6) is 0 Å². The minimum atomic E-state index is -0.504. The summed E-state index contributed by atoms with van der Waals surface area (Å²) >= 11 is 0. The Kier molecular flexibility index (Phi) is 2.98. The summed E-state index contributed by atoms with van der Waals surface area (Å²) in [5, 5.41) is 20.6. The lowest BCUT2D eigenvalue weighted by molar-refractivity contribution is -0.122. The summed E-state index contributed by atoms with van der Waals surface area (Å²) in [7, 11) is 0. The number of nitrogens with one attached hydrogen (secondary N) is 2. The molecule has 5 nitrogen and oxygen atoms in total. The SMILES string of the molecule is Cc1cc2cn[nH]c2cc1NC(=O)C1CCCC1O. The smallest absolute Gasteiger partial charge is 0.230 e. The van der Waals surface area contributed by atoms with Crippen molar-refractivity contribution < 1.29 is 9.90 Å². The molecule has 2 atom stereocenters. The molecule has 2 unspecified atom stereocenters. The number of hydrogen-bond acceptors (Lipinski definition) is 3. The number of amides is 1. The van der Waals surface area contributed by atoms with E-state index in [4.69, 9.17) is 0 Å². The van der Waals surface area contributed by atoms with Crippen LogP contribution in [-0.2, 0) is 4.79 Å². The standard InChI is InChI=1S/C14H17N3O2/c1-8-5-9-7-15-17-12(9)6-11(8)16-14(19)10-3-2-4-13(10)18/h5-7,10,13,18H,2-4H2,1H3,(H,15,17)(H,16,19). The van der Waals surface area contributed by atoms with E-state index < -0.39 is 6.10 Å². The Morgan fingerprint density at radius 2 is 2.32 bits per heavy atom. The van der Waals surface area contributed by atoms with Gasteiger partial charge in [0.15, 0.2) is 0 Å². The number of nitrogens with zero attached hydrogens (tertiary/aromatic N) is 1. The first kappa shape index (κ1) is 12.2. The van der Waals surface area contributed by atoms with Gasteiger partial charge in [0, 0.05) is 11.1 Å². The number of aliphatic hydroxyl groups is 1. The Morgan fingerprint density at radius 1 is 1.47 bits per heavy atom. The van der Waals surface area contributed by atoms with E-state index in [0.29, 0.717) is 0 Å². The van der Waals surface area contributed by atoms with Crippen molar-refractivity contribution in [3.63, 3.8) is 0 Å². The minimum absolute atomic E-state index is 0.0908. The fraction of sp³-hybridized carbons (Fsp3) is 0.429. The molecule has 1 aromatic heterocycles. The number of hydrogen-bond donors (Lipinski definition) is 3. The zero-order valence-corrected chi connectivity index (χ0v) is 10.8. The summed E-state index contributed by atoms with van der Waals surface area (Å²) in [6, 6.07) is 3.87. The number of H-pyrrole nitrogens is 1. The van der Waals surface area contributed by atoms with Crippen molar-refractivity contribution in [3.05, 3.63) is 23.9 Å². The number of aryl methyl sites for hydroxylation is 1. The lowest BCUT2D eigenvalue weighted by Crippen LogP contribution is -2.28. The van der Waals surface area contributed by atoms with Gasteiger partial charge >= 0.3 is 0 Å². The molecule has 0 spiro atoms. The number of carbonyl (C=O) groups is 1. The molecule has 19 heavy (non-hydrogen) atoms. The highest BCUT2D eigenvalue weighted by molar-refractivity contribution is 5.96. The molecule has 0 aliphatic heterocycles. The van der Waals surface area contributed by atoms with Crippen LogP contribution in [0.15, 0.2) is 18.3 Å². The quantitative estimate of drug-likeness (QED) is 0.771. The predicted octanol–water partition coefficient (Wildman–Crippen LogP) is 1.97. The zero-order valence-electron chi connectivity index (χ0n) is 10.8. The van der Waals surface area contributed by atoms with Crippen LogP contribution < -0.4 is 5.32 Å². The van der Waals surface area contributed by atoms with E-state index in [2.05, 4.69) is 15.5 Å². The number of aromatic amines is 1. The van der Waals surface area contributed by atoms with E-state index in [1.165, 1.54) is 0 Å². The van der Waals surface area contributed by atoms with Crippen LogP contribution in [-0.4, -0.2) is 27.3 Å². The van der Waals surface area contributed by atoms with E-state index in [1.807, 2.05) is 19.1 Å². The highest BCUT2D eigenvalue weighted by atomic mass is 16.3. The van der Waals surface area contributed by atoms with Gasteiger partial charge < -0.3 is 10.4 Å².